The lowest BCUT2D eigenvalue weighted by molar-refractivity contribution is 0.722. The average Bonchev–Trinajstić information content (AvgIpc) is 4.01. The minimum Gasteiger partial charge on any atom is -0.309 e. The molecule has 0 N–H and O–H groups in total. The van der Waals surface area contributed by atoms with E-state index in [1.807, 2.05) is 23.1 Å². The van der Waals surface area contributed by atoms with Crippen LogP contribution in [0.2, 0.25) is 0 Å². The molecule has 1 aliphatic heterocycles. The van der Waals surface area contributed by atoms with Gasteiger partial charge in [0.05, 0.1) is 22.2 Å². The quantitative estimate of drug-likeness (QED) is 0.170. The maximum absolute atomic E-state index is 2.61. The normalized spacial score (nSPS) is 14.3. The molecule has 0 amide bonds. The number of benzene rings is 10. The zero-order valence-corrected chi connectivity index (χ0v) is 36.9. The molecule has 0 fully saturated rings. The maximum atomic E-state index is 2.61. The van der Waals surface area contributed by atoms with Gasteiger partial charge in [-0.25, -0.2) is 0 Å². The highest BCUT2D eigenvalue weighted by molar-refractivity contribution is 7.99. The molecule has 2 heterocycles. The van der Waals surface area contributed by atoms with Crippen LogP contribution >= 0.6 is 23.1 Å². The van der Waals surface area contributed by atoms with Gasteiger partial charge < -0.3 is 4.90 Å². The molecule has 65 heavy (non-hydrogen) atoms. The van der Waals surface area contributed by atoms with Crippen LogP contribution in [0.1, 0.15) is 44.5 Å². The summed E-state index contributed by atoms with van der Waals surface area (Å²) in [6.45, 7) is 0. The molecule has 0 bridgehead atoms. The summed E-state index contributed by atoms with van der Waals surface area (Å²) < 4.78 is 2.57. The van der Waals surface area contributed by atoms with Gasteiger partial charge in [0, 0.05) is 41.2 Å². The molecule has 2 aliphatic carbocycles. The predicted octanol–water partition coefficient (Wildman–Crippen LogP) is 16.7. The first kappa shape index (κ1) is 37.0. The van der Waals surface area contributed by atoms with Gasteiger partial charge in [-0.15, -0.1) is 11.3 Å². The summed E-state index contributed by atoms with van der Waals surface area (Å²) in [5.41, 5.74) is 18.0. The topological polar surface area (TPSA) is 3.24 Å². The van der Waals surface area contributed by atoms with Crippen LogP contribution in [0, 0.1) is 0 Å². The van der Waals surface area contributed by atoms with Crippen LogP contribution in [-0.4, -0.2) is 0 Å². The van der Waals surface area contributed by atoms with Crippen LogP contribution in [0.3, 0.4) is 0 Å². The second-order valence-electron chi connectivity index (χ2n) is 17.4. The van der Waals surface area contributed by atoms with E-state index in [0.717, 1.165) is 11.4 Å². The van der Waals surface area contributed by atoms with Gasteiger partial charge in [-0.2, -0.15) is 0 Å². The van der Waals surface area contributed by atoms with E-state index in [9.17, 15) is 0 Å². The summed E-state index contributed by atoms with van der Waals surface area (Å²) in [5.74, 6) is 0. The Labute approximate surface area is 386 Å². The van der Waals surface area contributed by atoms with Crippen molar-refractivity contribution in [3.8, 4) is 22.3 Å². The lowest BCUT2D eigenvalue weighted by Gasteiger charge is -2.40. The zero-order chi connectivity index (χ0) is 42.7. The predicted molar refractivity (Wildman–Crippen MR) is 273 cm³/mol. The highest BCUT2D eigenvalue weighted by atomic mass is 32.2. The van der Waals surface area contributed by atoms with Crippen LogP contribution in [0.15, 0.2) is 246 Å². The summed E-state index contributed by atoms with van der Waals surface area (Å²) >= 11 is 3.78. The standard InChI is InChI=1S/C62H39NS2/c1-3-19-40(20-4-1)61(41-21-5-2-6-22-41)49-29-13-9-25-45(49)59-51(61)31-17-32-53(59)63(54-33-18-36-58-60(54)46-26-10-15-34-55(46)64-58)42-37-38-57-52(39-42)62(50-30-14-16-35-56(50)65-57)47-27-11-7-23-43(47)44-24-8-12-28-48(44)62/h1-39H. The minimum absolute atomic E-state index is 0.506. The molecule has 0 saturated carbocycles. The monoisotopic (exact) mass is 861 g/mol. The molecule has 3 aliphatic rings. The fourth-order valence-corrected chi connectivity index (χ4v) is 14.3. The molecular weight excluding hydrogens is 823 g/mol. The van der Waals surface area contributed by atoms with Gasteiger partial charge in [-0.05, 0) is 110 Å². The number of thiophene rings is 1. The lowest BCUT2D eigenvalue weighted by atomic mass is 9.67. The highest BCUT2D eigenvalue weighted by Crippen LogP contribution is 2.64. The summed E-state index contributed by atoms with van der Waals surface area (Å²) in [6.07, 6.45) is 0. The molecule has 1 aromatic heterocycles. The van der Waals surface area contributed by atoms with Crippen molar-refractivity contribution < 1.29 is 0 Å². The molecule has 0 radical (unpaired) electrons. The fraction of sp³-hybridized carbons (Fsp3) is 0.0323. The van der Waals surface area contributed by atoms with Crippen molar-refractivity contribution in [3.05, 3.63) is 281 Å². The Morgan fingerprint density at radius 3 is 1.58 bits per heavy atom. The minimum atomic E-state index is -0.533. The number of anilines is 3. The molecule has 1 spiro atoms. The van der Waals surface area contributed by atoms with Crippen LogP contribution in [0.4, 0.5) is 17.1 Å². The molecule has 0 unspecified atom stereocenters. The Bertz CT molecular complexity index is 3630. The smallest absolute Gasteiger partial charge is 0.0736 e. The Hall–Kier alpha value is -7.43. The lowest BCUT2D eigenvalue weighted by Crippen LogP contribution is -2.32. The molecular formula is C62H39NS2. The van der Waals surface area contributed by atoms with Gasteiger partial charge >= 0.3 is 0 Å². The van der Waals surface area contributed by atoms with Crippen molar-refractivity contribution in [2.45, 2.75) is 20.6 Å². The maximum Gasteiger partial charge on any atom is 0.0736 e. The summed E-state index contributed by atoms with van der Waals surface area (Å²) in [6, 6.07) is 89.0. The van der Waals surface area contributed by atoms with E-state index in [-0.39, 0.29) is 0 Å². The number of hydrogen-bond acceptors (Lipinski definition) is 3. The molecule has 10 aromatic carbocycles. The van der Waals surface area contributed by atoms with Crippen LogP contribution in [0.25, 0.3) is 42.4 Å². The second kappa shape index (κ2) is 14.0. The van der Waals surface area contributed by atoms with Gasteiger partial charge in [0.15, 0.2) is 0 Å². The molecule has 1 nitrogen and oxygen atoms in total. The third kappa shape index (κ3) is 4.95. The van der Waals surface area contributed by atoms with Crippen molar-refractivity contribution in [1.82, 2.24) is 0 Å². The Morgan fingerprint density at radius 1 is 0.338 bits per heavy atom. The summed E-state index contributed by atoms with van der Waals surface area (Å²) in [5, 5.41) is 2.56. The van der Waals surface area contributed by atoms with Crippen LogP contribution < -0.4 is 4.90 Å². The van der Waals surface area contributed by atoms with Crippen molar-refractivity contribution in [3.63, 3.8) is 0 Å². The van der Waals surface area contributed by atoms with E-state index in [0.29, 0.717) is 0 Å². The summed E-state index contributed by atoms with van der Waals surface area (Å²) in [4.78, 5) is 5.20. The number of fused-ring (bicyclic) bond motifs is 15. The SMILES string of the molecule is c1ccc(C2(c3ccccc3)c3ccccc3-c3c(N(c4ccc5c(c4)C4(c6ccccc6S5)c5ccccc5-c5ccccc54)c4cccc5sc6ccccc6c45)cccc32)cc1. The highest BCUT2D eigenvalue weighted by Gasteiger charge is 2.51. The fourth-order valence-electron chi connectivity index (χ4n) is 12.0. The van der Waals surface area contributed by atoms with Gasteiger partial charge in [0.1, 0.15) is 0 Å². The largest absolute Gasteiger partial charge is 0.309 e. The van der Waals surface area contributed by atoms with Crippen molar-refractivity contribution >= 4 is 60.3 Å². The van der Waals surface area contributed by atoms with E-state index in [2.05, 4.69) is 241 Å². The van der Waals surface area contributed by atoms with Gasteiger partial charge in [0.25, 0.3) is 0 Å². The number of nitrogens with zero attached hydrogens (tertiary/aromatic N) is 1. The third-order valence-corrected chi connectivity index (χ3v) is 16.7. The van der Waals surface area contributed by atoms with Crippen LogP contribution in [0.5, 0.6) is 0 Å². The molecule has 0 atom stereocenters. The molecule has 11 aromatic rings. The van der Waals surface area contributed by atoms with E-state index in [1.54, 1.807) is 0 Å². The Morgan fingerprint density at radius 2 is 0.862 bits per heavy atom. The molecule has 3 heteroatoms. The van der Waals surface area contributed by atoms with Gasteiger partial charge in [-0.3, -0.25) is 0 Å². The van der Waals surface area contributed by atoms with Crippen LogP contribution in [-0.2, 0) is 10.8 Å². The van der Waals surface area contributed by atoms with E-state index in [1.165, 1.54) is 102 Å². The average molecular weight is 862 g/mol. The molecule has 14 rings (SSSR count). The third-order valence-electron chi connectivity index (χ3n) is 14.4. The van der Waals surface area contributed by atoms with Crippen molar-refractivity contribution in [2.75, 3.05) is 4.90 Å². The first-order valence-corrected chi connectivity index (χ1v) is 24.1. The van der Waals surface area contributed by atoms with Crippen molar-refractivity contribution in [2.24, 2.45) is 0 Å². The van der Waals surface area contributed by atoms with Gasteiger partial charge in [0.2, 0.25) is 0 Å². The molecule has 304 valence electrons. The number of hydrogen-bond donors (Lipinski definition) is 0. The van der Waals surface area contributed by atoms with E-state index < -0.39 is 10.8 Å². The second-order valence-corrected chi connectivity index (χ2v) is 19.6. The Balaban J connectivity index is 1.11. The zero-order valence-electron chi connectivity index (χ0n) is 35.3. The number of rotatable bonds is 5. The van der Waals surface area contributed by atoms with Gasteiger partial charge in [-0.1, -0.05) is 200 Å². The summed E-state index contributed by atoms with van der Waals surface area (Å²) in [7, 11) is 0. The van der Waals surface area contributed by atoms with E-state index in [4.69, 9.17) is 0 Å². The van der Waals surface area contributed by atoms with Crippen molar-refractivity contribution in [1.29, 1.82) is 0 Å². The molecule has 0 saturated heterocycles. The first-order chi connectivity index (χ1) is 32.3. The Kier molecular flexibility index (Phi) is 7.99. The van der Waals surface area contributed by atoms with E-state index >= 15 is 0 Å². The first-order valence-electron chi connectivity index (χ1n) is 22.4.